The molecule has 0 aromatic carbocycles. The first-order chi connectivity index (χ1) is 1.73. The molecule has 0 aliphatic rings. The Bertz CT molecular complexity index is 33.8. The summed E-state index contributed by atoms with van der Waals surface area (Å²) >= 11 is 0. The summed E-state index contributed by atoms with van der Waals surface area (Å²) in [4.78, 5) is 8.33. The van der Waals surface area contributed by atoms with Crippen molar-refractivity contribution < 1.29 is 15.0 Å². The molecule has 5 heteroatoms. The third-order valence-corrected chi connectivity index (χ3v) is 0. The van der Waals surface area contributed by atoms with Gasteiger partial charge in [0.05, 0.1) is 0 Å². The van der Waals surface area contributed by atoms with E-state index in [1.807, 2.05) is 0 Å². The Balaban J connectivity index is -0.0000000450. The summed E-state index contributed by atoms with van der Waals surface area (Å²) in [7, 11) is 0. The zero-order valence-corrected chi connectivity index (χ0v) is 3.85. The first-order valence-electron chi connectivity index (χ1n) is 0.612. The van der Waals surface area contributed by atoms with Gasteiger partial charge in [0.25, 0.3) is 0 Å². The van der Waals surface area contributed by atoms with E-state index < -0.39 is 6.16 Å². The van der Waals surface area contributed by atoms with Crippen LogP contribution in [0.3, 0.4) is 0 Å². The van der Waals surface area contributed by atoms with Crippen LogP contribution < -0.4 is 10.2 Å². The fraction of sp³-hybridized carbons (Fsp3) is 0. The van der Waals surface area contributed by atoms with E-state index >= 15 is 0 Å². The molecule has 0 saturated heterocycles. The van der Waals surface area contributed by atoms with Crippen LogP contribution in [-0.2, 0) is 0 Å². The van der Waals surface area contributed by atoms with E-state index in [1.54, 1.807) is 0 Å². The molecule has 0 rings (SSSR count). The van der Waals surface area contributed by atoms with Crippen LogP contribution >= 0.6 is 0 Å². The van der Waals surface area contributed by atoms with Gasteiger partial charge in [0.15, 0.2) is 0 Å². The van der Waals surface area contributed by atoms with Crippen molar-refractivity contribution in [1.82, 2.24) is 0 Å². The molecule has 0 radical (unpaired) electrons. The van der Waals surface area contributed by atoms with Crippen molar-refractivity contribution in [2.45, 2.75) is 0 Å². The molecular formula is CHKMgO3. The fourth-order valence-electron chi connectivity index (χ4n) is 0. The van der Waals surface area contributed by atoms with Crippen molar-refractivity contribution in [2.24, 2.45) is 0 Å². The van der Waals surface area contributed by atoms with Gasteiger partial charge in [-0.25, -0.2) is 0 Å². The molecule has 6 heavy (non-hydrogen) atoms. The molecule has 0 N–H and O–H groups in total. The first kappa shape index (κ1) is 15.6. The molecule has 0 heterocycles. The van der Waals surface area contributed by atoms with E-state index in [1.165, 1.54) is 0 Å². The monoisotopic (exact) mass is 124 g/mol. The summed E-state index contributed by atoms with van der Waals surface area (Å²) in [5.41, 5.74) is 0. The SMILES string of the molecule is O=C([O-])[O-].[KH].[Mg+2]. The molecule has 0 fully saturated rings. The van der Waals surface area contributed by atoms with Crippen LogP contribution in [0.15, 0.2) is 0 Å². The molecule has 0 amide bonds. The molecule has 3 nitrogen and oxygen atoms in total. The molecule has 0 bridgehead atoms. The number of rotatable bonds is 0. The largest absolute Gasteiger partial charge is 2.00 e. The summed E-state index contributed by atoms with van der Waals surface area (Å²) < 4.78 is 0. The summed E-state index contributed by atoms with van der Waals surface area (Å²) in [6, 6.07) is 0. The normalized spacial score (nSPS) is 4.00. The average molecular weight is 124 g/mol. The second-order valence-corrected chi connectivity index (χ2v) is 0.250. The van der Waals surface area contributed by atoms with E-state index in [0.717, 1.165) is 0 Å². The Morgan fingerprint density at radius 3 is 1.33 bits per heavy atom. The summed E-state index contributed by atoms with van der Waals surface area (Å²) in [5.74, 6) is 0. The molecule has 0 atom stereocenters. The maximum Gasteiger partial charge on any atom is 2.00 e. The number of hydrogen-bond donors (Lipinski definition) is 0. The van der Waals surface area contributed by atoms with Crippen LogP contribution in [0.25, 0.3) is 0 Å². The van der Waals surface area contributed by atoms with Gasteiger partial charge in [0.1, 0.15) is 0 Å². The van der Waals surface area contributed by atoms with Crippen molar-refractivity contribution in [1.29, 1.82) is 0 Å². The smallest absolute Gasteiger partial charge is 2.00 e. The third-order valence-electron chi connectivity index (χ3n) is 0. The second kappa shape index (κ2) is 9.83. The van der Waals surface area contributed by atoms with Crippen LogP contribution in [-0.4, -0.2) is 80.6 Å². The predicted octanol–water partition coefficient (Wildman–Crippen LogP) is -3.48. The zero-order valence-electron chi connectivity index (χ0n) is 2.43. The molecule has 0 aliphatic carbocycles. The van der Waals surface area contributed by atoms with Crippen molar-refractivity contribution in [3.05, 3.63) is 0 Å². The Kier molecular flexibility index (Phi) is 25.6. The van der Waals surface area contributed by atoms with Crippen LogP contribution in [0.2, 0.25) is 0 Å². The summed E-state index contributed by atoms with van der Waals surface area (Å²) in [6.07, 6.45) is -2.33. The van der Waals surface area contributed by atoms with E-state index in [-0.39, 0.29) is 74.4 Å². The van der Waals surface area contributed by atoms with E-state index in [2.05, 4.69) is 0 Å². The predicted molar refractivity (Wildman–Crippen MR) is 18.3 cm³/mol. The van der Waals surface area contributed by atoms with Crippen LogP contribution in [0.1, 0.15) is 0 Å². The van der Waals surface area contributed by atoms with E-state index in [9.17, 15) is 0 Å². The van der Waals surface area contributed by atoms with E-state index in [4.69, 9.17) is 15.0 Å². The fourth-order valence-corrected chi connectivity index (χ4v) is 0. The van der Waals surface area contributed by atoms with Crippen molar-refractivity contribution in [3.63, 3.8) is 0 Å². The molecule has 0 spiro atoms. The number of hydrogen-bond acceptors (Lipinski definition) is 3. The Morgan fingerprint density at radius 1 is 1.33 bits per heavy atom. The van der Waals surface area contributed by atoms with Crippen LogP contribution in [0.4, 0.5) is 4.79 Å². The van der Waals surface area contributed by atoms with E-state index in [0.29, 0.717) is 0 Å². The molecule has 0 aromatic heterocycles. The van der Waals surface area contributed by atoms with Gasteiger partial charge in [0, 0.05) is 0 Å². The minimum Gasteiger partial charge on any atom is 2.00 e. The summed E-state index contributed by atoms with van der Waals surface area (Å²) in [5, 5.41) is 16.7. The number of carbonyl (C=O) groups excluding carboxylic acids is 1. The Morgan fingerprint density at radius 2 is 1.33 bits per heavy atom. The molecule has 0 aliphatic heterocycles. The third kappa shape index (κ3) is 44.3. The van der Waals surface area contributed by atoms with Gasteiger partial charge in [-0.05, 0) is 6.16 Å². The van der Waals surface area contributed by atoms with Crippen LogP contribution in [0, 0.1) is 0 Å². The molecule has 0 saturated carbocycles. The van der Waals surface area contributed by atoms with Gasteiger partial charge in [-0.3, -0.25) is 0 Å². The van der Waals surface area contributed by atoms with Gasteiger partial charge in [-0.2, -0.15) is 0 Å². The second-order valence-electron chi connectivity index (χ2n) is 0.250. The summed E-state index contributed by atoms with van der Waals surface area (Å²) in [6.45, 7) is 0. The Labute approximate surface area is 93.7 Å². The number of carbonyl (C=O) groups is 1. The van der Waals surface area contributed by atoms with Crippen LogP contribution in [0.5, 0.6) is 0 Å². The average Bonchev–Trinajstić information content (AvgIpc) is 0.811. The zero-order chi connectivity index (χ0) is 3.58. The minimum absolute atomic E-state index is 0. The minimum atomic E-state index is -2.33. The van der Waals surface area contributed by atoms with Crippen molar-refractivity contribution >= 4 is 80.6 Å². The van der Waals surface area contributed by atoms with Gasteiger partial charge < -0.3 is 15.0 Å². The number of carboxylic acid groups (broad SMARTS) is 2. The molecule has 26 valence electrons. The molecular weight excluding hydrogens is 123 g/mol. The van der Waals surface area contributed by atoms with Gasteiger partial charge in [0.2, 0.25) is 0 Å². The Hall–Kier alpha value is 1.67. The topological polar surface area (TPSA) is 63.2 Å². The van der Waals surface area contributed by atoms with Gasteiger partial charge in [-0.1, -0.05) is 0 Å². The molecule has 0 unspecified atom stereocenters. The van der Waals surface area contributed by atoms with Crippen molar-refractivity contribution in [3.8, 4) is 0 Å². The van der Waals surface area contributed by atoms with Gasteiger partial charge >= 0.3 is 74.4 Å². The maximum absolute atomic E-state index is 8.33. The first-order valence-corrected chi connectivity index (χ1v) is 0.612. The maximum atomic E-state index is 8.33. The quantitative estimate of drug-likeness (QED) is 0.315. The standard InChI is InChI=1S/CH2O3.K.Mg.H/c2-1(3)4;;;/h(H2,2,3,4);;;/q;;+2;/p-2. The molecule has 0 aromatic rings. The van der Waals surface area contributed by atoms with Gasteiger partial charge in [-0.15, -0.1) is 0 Å². The van der Waals surface area contributed by atoms with Crippen molar-refractivity contribution in [2.75, 3.05) is 0 Å².